The number of nitrogens with zero attached hydrogens (tertiary/aromatic N) is 1. The molecule has 0 unspecified atom stereocenters. The maximum absolute atomic E-state index is 5.36. The van der Waals surface area contributed by atoms with Gasteiger partial charge in [-0.15, -0.1) is 24.0 Å². The van der Waals surface area contributed by atoms with Crippen LogP contribution in [0.1, 0.15) is 11.1 Å². The Hall–Kier alpha value is -0.490. The summed E-state index contributed by atoms with van der Waals surface area (Å²) < 4.78 is 10.7. The van der Waals surface area contributed by atoms with Gasteiger partial charge in [-0.2, -0.15) is 0 Å². The van der Waals surface area contributed by atoms with Crippen LogP contribution in [0.5, 0.6) is 11.5 Å². The molecule has 2 heterocycles. The fourth-order valence-electron chi connectivity index (χ4n) is 2.09. The highest BCUT2D eigenvalue weighted by Crippen LogP contribution is 2.36. The normalized spacial score (nSPS) is 18.2. The van der Waals surface area contributed by atoms with Crippen molar-refractivity contribution >= 4 is 24.0 Å². The third kappa shape index (κ3) is 1.92. The largest absolute Gasteiger partial charge is 0.454 e. The number of ether oxygens (including phenoxy) is 2. The van der Waals surface area contributed by atoms with Crippen molar-refractivity contribution in [2.45, 2.75) is 13.0 Å². The molecule has 0 saturated carbocycles. The van der Waals surface area contributed by atoms with Crippen molar-refractivity contribution < 1.29 is 9.47 Å². The molecular formula is C11H14INO2. The molecule has 1 aromatic rings. The van der Waals surface area contributed by atoms with E-state index >= 15 is 0 Å². The van der Waals surface area contributed by atoms with Crippen LogP contribution in [-0.4, -0.2) is 25.3 Å². The van der Waals surface area contributed by atoms with Crippen molar-refractivity contribution in [3.8, 4) is 11.5 Å². The van der Waals surface area contributed by atoms with Crippen LogP contribution in [0.4, 0.5) is 0 Å². The summed E-state index contributed by atoms with van der Waals surface area (Å²) in [6.45, 7) is 2.52. The first-order valence-electron chi connectivity index (χ1n) is 4.93. The number of likely N-dealkylation sites (N-methyl/N-ethyl adjacent to an activating group) is 1. The fraction of sp³-hybridized carbons (Fsp3) is 0.455. The molecule has 3 rings (SSSR count). The monoisotopic (exact) mass is 319 g/mol. The maximum atomic E-state index is 5.36. The minimum Gasteiger partial charge on any atom is -0.454 e. The third-order valence-corrected chi connectivity index (χ3v) is 2.90. The summed E-state index contributed by atoms with van der Waals surface area (Å²) in [5, 5.41) is 0. The Balaban J connectivity index is 0.000000853. The van der Waals surface area contributed by atoms with E-state index in [1.807, 2.05) is 0 Å². The molecule has 0 radical (unpaired) electrons. The lowest BCUT2D eigenvalue weighted by atomic mass is 9.99. The van der Waals surface area contributed by atoms with Gasteiger partial charge in [0.25, 0.3) is 0 Å². The Morgan fingerprint density at radius 3 is 2.53 bits per heavy atom. The SMILES string of the molecule is CN1CCc2cc3c(cc2C1)OCO3.I. The minimum atomic E-state index is 0. The molecule has 0 N–H and O–H groups in total. The zero-order valence-electron chi connectivity index (χ0n) is 8.66. The summed E-state index contributed by atoms with van der Waals surface area (Å²) in [5.74, 6) is 1.81. The Morgan fingerprint density at radius 2 is 1.80 bits per heavy atom. The Morgan fingerprint density at radius 1 is 1.13 bits per heavy atom. The Labute approximate surface area is 106 Å². The van der Waals surface area contributed by atoms with Crippen molar-refractivity contribution in [3.63, 3.8) is 0 Å². The predicted octanol–water partition coefficient (Wildman–Crippen LogP) is 2.02. The van der Waals surface area contributed by atoms with Crippen molar-refractivity contribution in [1.29, 1.82) is 0 Å². The molecule has 3 nitrogen and oxygen atoms in total. The molecular weight excluding hydrogens is 305 g/mol. The van der Waals surface area contributed by atoms with Crippen molar-refractivity contribution in [3.05, 3.63) is 23.3 Å². The van der Waals surface area contributed by atoms with Gasteiger partial charge in [-0.25, -0.2) is 0 Å². The zero-order chi connectivity index (χ0) is 9.54. The lowest BCUT2D eigenvalue weighted by molar-refractivity contribution is 0.174. The number of hydrogen-bond donors (Lipinski definition) is 0. The predicted molar refractivity (Wildman–Crippen MR) is 68.0 cm³/mol. The number of rotatable bonds is 0. The van der Waals surface area contributed by atoms with Crippen LogP contribution >= 0.6 is 24.0 Å². The quantitative estimate of drug-likeness (QED) is 0.683. The second-order valence-corrected chi connectivity index (χ2v) is 3.96. The van der Waals surface area contributed by atoms with Gasteiger partial charge in [-0.05, 0) is 36.7 Å². The van der Waals surface area contributed by atoms with Gasteiger partial charge in [0.2, 0.25) is 6.79 Å². The van der Waals surface area contributed by atoms with Crippen LogP contribution in [0.3, 0.4) is 0 Å². The molecule has 15 heavy (non-hydrogen) atoms. The average molecular weight is 319 g/mol. The van der Waals surface area contributed by atoms with Crippen LogP contribution in [0, 0.1) is 0 Å². The van der Waals surface area contributed by atoms with E-state index in [1.54, 1.807) is 0 Å². The van der Waals surface area contributed by atoms with Crippen LogP contribution in [0.15, 0.2) is 12.1 Å². The summed E-state index contributed by atoms with van der Waals surface area (Å²) in [4.78, 5) is 2.32. The van der Waals surface area contributed by atoms with Crippen molar-refractivity contribution in [2.75, 3.05) is 20.4 Å². The second-order valence-electron chi connectivity index (χ2n) is 3.96. The van der Waals surface area contributed by atoms with E-state index in [4.69, 9.17) is 9.47 Å². The molecule has 4 heteroatoms. The minimum absolute atomic E-state index is 0. The molecule has 0 aromatic heterocycles. The van der Waals surface area contributed by atoms with E-state index in [9.17, 15) is 0 Å². The van der Waals surface area contributed by atoms with Crippen LogP contribution in [0.25, 0.3) is 0 Å². The standard InChI is InChI=1S/C11H13NO2.HI/c1-12-3-2-8-4-10-11(14-7-13-10)5-9(8)6-12;/h4-5H,2-3,6-7H2,1H3;1H. The first-order valence-corrected chi connectivity index (χ1v) is 4.93. The molecule has 0 aliphatic carbocycles. The van der Waals surface area contributed by atoms with E-state index in [0.717, 1.165) is 31.0 Å². The molecule has 1 aromatic carbocycles. The molecule has 0 saturated heterocycles. The number of fused-ring (bicyclic) bond motifs is 2. The van der Waals surface area contributed by atoms with Gasteiger partial charge in [0.1, 0.15) is 0 Å². The first kappa shape index (κ1) is 11.0. The zero-order valence-corrected chi connectivity index (χ0v) is 11.0. The van der Waals surface area contributed by atoms with Gasteiger partial charge in [0.15, 0.2) is 11.5 Å². The number of benzene rings is 1. The summed E-state index contributed by atoms with van der Waals surface area (Å²) >= 11 is 0. The Bertz CT molecular complexity index is 381. The molecule has 0 fully saturated rings. The van der Waals surface area contributed by atoms with E-state index < -0.39 is 0 Å². The highest BCUT2D eigenvalue weighted by molar-refractivity contribution is 14.0. The van der Waals surface area contributed by atoms with Gasteiger partial charge < -0.3 is 14.4 Å². The lowest BCUT2D eigenvalue weighted by Crippen LogP contribution is -2.26. The smallest absolute Gasteiger partial charge is 0.231 e. The lowest BCUT2D eigenvalue weighted by Gasteiger charge is -2.24. The fourth-order valence-corrected chi connectivity index (χ4v) is 2.09. The van der Waals surface area contributed by atoms with Crippen LogP contribution < -0.4 is 9.47 Å². The summed E-state index contributed by atoms with van der Waals surface area (Å²) in [5.41, 5.74) is 2.79. The van der Waals surface area contributed by atoms with Crippen molar-refractivity contribution in [2.24, 2.45) is 0 Å². The first-order chi connectivity index (χ1) is 6.83. The van der Waals surface area contributed by atoms with Gasteiger partial charge in [0, 0.05) is 13.1 Å². The van der Waals surface area contributed by atoms with Gasteiger partial charge in [-0.3, -0.25) is 0 Å². The van der Waals surface area contributed by atoms with Gasteiger partial charge >= 0.3 is 0 Å². The highest BCUT2D eigenvalue weighted by atomic mass is 127. The number of hydrogen-bond acceptors (Lipinski definition) is 3. The van der Waals surface area contributed by atoms with Crippen LogP contribution in [-0.2, 0) is 13.0 Å². The third-order valence-electron chi connectivity index (χ3n) is 2.90. The Kier molecular flexibility index (Phi) is 3.06. The molecule has 2 aliphatic heterocycles. The maximum Gasteiger partial charge on any atom is 0.231 e. The van der Waals surface area contributed by atoms with Gasteiger partial charge in [0.05, 0.1) is 0 Å². The van der Waals surface area contributed by atoms with Crippen LogP contribution in [0.2, 0.25) is 0 Å². The number of halogens is 1. The molecule has 2 aliphatic rings. The van der Waals surface area contributed by atoms with Gasteiger partial charge in [-0.1, -0.05) is 0 Å². The molecule has 0 bridgehead atoms. The molecule has 82 valence electrons. The van der Waals surface area contributed by atoms with E-state index in [2.05, 4.69) is 24.1 Å². The summed E-state index contributed by atoms with van der Waals surface area (Å²) in [6, 6.07) is 4.25. The van der Waals surface area contributed by atoms with E-state index in [0.29, 0.717) is 6.79 Å². The van der Waals surface area contributed by atoms with E-state index in [1.165, 1.54) is 11.1 Å². The molecule has 0 atom stereocenters. The second kappa shape index (κ2) is 4.17. The topological polar surface area (TPSA) is 21.7 Å². The average Bonchev–Trinajstić information content (AvgIpc) is 2.61. The summed E-state index contributed by atoms with van der Waals surface area (Å²) in [7, 11) is 2.15. The highest BCUT2D eigenvalue weighted by Gasteiger charge is 2.20. The molecule has 0 spiro atoms. The summed E-state index contributed by atoms with van der Waals surface area (Å²) in [6.07, 6.45) is 1.11. The molecule has 0 amide bonds. The van der Waals surface area contributed by atoms with Crippen molar-refractivity contribution in [1.82, 2.24) is 4.90 Å². The van der Waals surface area contributed by atoms with E-state index in [-0.39, 0.29) is 24.0 Å².